The maximum atomic E-state index is 10.5. The molecule has 4 heteroatoms. The molecule has 1 aromatic heterocycles. The molecular weight excluding hydrogens is 336 g/mol. The van der Waals surface area contributed by atoms with E-state index in [1.807, 2.05) is 0 Å². The minimum Gasteiger partial charge on any atom is -0.396 e. The van der Waals surface area contributed by atoms with Crippen LogP contribution in [0.4, 0.5) is 0 Å². The predicted octanol–water partition coefficient (Wildman–Crippen LogP) is 3.68. The number of aryl methyl sites for hydroxylation is 1. The number of rotatable bonds is 4. The summed E-state index contributed by atoms with van der Waals surface area (Å²) in [5.41, 5.74) is 5.38. The quantitative estimate of drug-likeness (QED) is 0.706. The van der Waals surface area contributed by atoms with Gasteiger partial charge in [-0.25, -0.2) is 0 Å². The molecule has 4 nitrogen and oxygen atoms in total. The van der Waals surface area contributed by atoms with Crippen molar-refractivity contribution in [2.75, 3.05) is 13.2 Å². The fourth-order valence-electron chi connectivity index (χ4n) is 7.09. The molecule has 0 aliphatic heterocycles. The highest BCUT2D eigenvalue weighted by atomic mass is 16.3. The highest BCUT2D eigenvalue weighted by molar-refractivity contribution is 5.32. The molecule has 1 heterocycles. The van der Waals surface area contributed by atoms with Crippen LogP contribution in [0.25, 0.3) is 0 Å². The van der Waals surface area contributed by atoms with E-state index in [4.69, 9.17) is 0 Å². The lowest BCUT2D eigenvalue weighted by molar-refractivity contribution is -0.0738. The van der Waals surface area contributed by atoms with Crippen LogP contribution in [-0.4, -0.2) is 33.6 Å². The van der Waals surface area contributed by atoms with Crippen LogP contribution in [0.15, 0.2) is 12.2 Å². The van der Waals surface area contributed by atoms with Gasteiger partial charge >= 0.3 is 0 Å². The normalized spacial score (nSPS) is 41.4. The van der Waals surface area contributed by atoms with Gasteiger partial charge in [-0.2, -0.15) is 5.10 Å². The van der Waals surface area contributed by atoms with Gasteiger partial charge in [0.25, 0.3) is 0 Å². The van der Waals surface area contributed by atoms with Crippen molar-refractivity contribution in [3.63, 3.8) is 0 Å². The first-order valence-electron chi connectivity index (χ1n) is 10.8. The van der Waals surface area contributed by atoms with E-state index in [1.54, 1.807) is 0 Å². The van der Waals surface area contributed by atoms with E-state index in [0.717, 1.165) is 38.5 Å². The Morgan fingerprint density at radius 3 is 2.63 bits per heavy atom. The highest BCUT2D eigenvalue weighted by Crippen LogP contribution is 2.62. The Labute approximate surface area is 163 Å². The molecule has 0 saturated heterocycles. The van der Waals surface area contributed by atoms with Crippen LogP contribution in [-0.2, 0) is 19.3 Å². The van der Waals surface area contributed by atoms with Gasteiger partial charge in [0.2, 0.25) is 0 Å². The molecule has 0 amide bonds. The summed E-state index contributed by atoms with van der Waals surface area (Å²) >= 11 is 0. The minimum atomic E-state index is 0.00813. The Morgan fingerprint density at radius 2 is 1.96 bits per heavy atom. The van der Waals surface area contributed by atoms with Crippen molar-refractivity contribution in [3.05, 3.63) is 29.1 Å². The van der Waals surface area contributed by atoms with Crippen LogP contribution in [0, 0.1) is 34.5 Å². The van der Waals surface area contributed by atoms with Gasteiger partial charge in [0.15, 0.2) is 0 Å². The molecule has 0 aromatic carbocycles. The first-order chi connectivity index (χ1) is 12.9. The third-order valence-electron chi connectivity index (χ3n) is 8.98. The second-order valence-corrected chi connectivity index (χ2v) is 9.90. The number of aliphatic hydroxyl groups excluding tert-OH is 2. The average Bonchev–Trinajstić information content (AvgIpc) is 3.20. The SMILES string of the molecule is C=C1CC[C@H]2[C@H](CO)[C@@H]([C@@]3(C)Cc4c(CC)n[nH]c4C[C@@H]3CO)CC[C@]12C. The summed E-state index contributed by atoms with van der Waals surface area (Å²) in [7, 11) is 0. The Hall–Kier alpha value is -1.13. The van der Waals surface area contributed by atoms with Gasteiger partial charge in [-0.15, -0.1) is 0 Å². The Balaban J connectivity index is 1.71. The van der Waals surface area contributed by atoms with Crippen molar-refractivity contribution in [1.82, 2.24) is 10.2 Å². The van der Waals surface area contributed by atoms with Crippen molar-refractivity contribution >= 4 is 0 Å². The number of nitrogens with zero attached hydrogens (tertiary/aromatic N) is 1. The van der Waals surface area contributed by atoms with Crippen molar-refractivity contribution in [2.24, 2.45) is 34.5 Å². The number of allylic oxidation sites excluding steroid dienone is 1. The topological polar surface area (TPSA) is 69.1 Å². The van der Waals surface area contributed by atoms with Gasteiger partial charge in [0.05, 0.1) is 5.69 Å². The Kier molecular flexibility index (Phi) is 4.79. The van der Waals surface area contributed by atoms with Crippen LogP contribution in [0.2, 0.25) is 0 Å². The summed E-state index contributed by atoms with van der Waals surface area (Å²) in [5, 5.41) is 28.5. The molecule has 6 atom stereocenters. The lowest BCUT2D eigenvalue weighted by Gasteiger charge is -2.55. The molecule has 3 N–H and O–H groups in total. The zero-order chi connectivity index (χ0) is 19.4. The van der Waals surface area contributed by atoms with Gasteiger partial charge in [-0.05, 0) is 85.0 Å². The third-order valence-corrected chi connectivity index (χ3v) is 8.98. The largest absolute Gasteiger partial charge is 0.396 e. The van der Waals surface area contributed by atoms with E-state index < -0.39 is 0 Å². The van der Waals surface area contributed by atoms with Crippen molar-refractivity contribution < 1.29 is 10.2 Å². The average molecular weight is 373 g/mol. The molecule has 3 aliphatic carbocycles. The second-order valence-electron chi connectivity index (χ2n) is 9.90. The first kappa shape index (κ1) is 19.2. The molecule has 0 radical (unpaired) electrons. The molecule has 3 aliphatic rings. The Morgan fingerprint density at radius 1 is 1.19 bits per heavy atom. The lowest BCUT2D eigenvalue weighted by Crippen LogP contribution is -2.52. The van der Waals surface area contributed by atoms with E-state index in [-0.39, 0.29) is 30.0 Å². The highest BCUT2D eigenvalue weighted by Gasteiger charge is 2.56. The number of H-pyrrole nitrogens is 1. The zero-order valence-corrected chi connectivity index (χ0v) is 17.2. The Bertz CT molecular complexity index is 726. The van der Waals surface area contributed by atoms with E-state index >= 15 is 0 Å². The van der Waals surface area contributed by atoms with E-state index in [2.05, 4.69) is 37.5 Å². The summed E-state index contributed by atoms with van der Waals surface area (Å²) in [6.07, 6.45) is 7.35. The summed E-state index contributed by atoms with van der Waals surface area (Å²) in [6, 6.07) is 0. The van der Waals surface area contributed by atoms with E-state index in [1.165, 1.54) is 28.9 Å². The molecular formula is C23H36N2O2. The van der Waals surface area contributed by atoms with Crippen LogP contribution >= 0.6 is 0 Å². The number of hydrogen-bond acceptors (Lipinski definition) is 3. The molecule has 0 spiro atoms. The number of aliphatic hydroxyl groups is 2. The van der Waals surface area contributed by atoms with Crippen molar-refractivity contribution in [1.29, 1.82) is 0 Å². The fraction of sp³-hybridized carbons (Fsp3) is 0.783. The first-order valence-corrected chi connectivity index (χ1v) is 10.8. The number of nitrogens with one attached hydrogen (secondary N) is 1. The number of fused-ring (bicyclic) bond motifs is 2. The molecule has 2 fully saturated rings. The zero-order valence-electron chi connectivity index (χ0n) is 17.2. The minimum absolute atomic E-state index is 0.00813. The lowest BCUT2D eigenvalue weighted by atomic mass is 9.49. The maximum Gasteiger partial charge on any atom is 0.0654 e. The van der Waals surface area contributed by atoms with Gasteiger partial charge < -0.3 is 10.2 Å². The van der Waals surface area contributed by atoms with Gasteiger partial charge in [-0.3, -0.25) is 5.10 Å². The van der Waals surface area contributed by atoms with Crippen molar-refractivity contribution in [2.45, 2.75) is 65.7 Å². The number of aromatic nitrogens is 2. The van der Waals surface area contributed by atoms with E-state index in [0.29, 0.717) is 17.8 Å². The standard InChI is InChI=1S/C23H36N2O2/c1-5-20-16-11-23(4,15(12-26)10-21(16)25-24-20)19-8-9-22(3)14(2)6-7-18(22)17(19)13-27/h15,17-19,26-27H,2,5-13H2,1,3-4H3,(H,24,25)/t15-,17+,18+,19+,22-,23+/m1/s1. The summed E-state index contributed by atoms with van der Waals surface area (Å²) in [5.74, 6) is 1.50. The monoisotopic (exact) mass is 372 g/mol. The maximum absolute atomic E-state index is 10.5. The van der Waals surface area contributed by atoms with Crippen LogP contribution in [0.3, 0.4) is 0 Å². The number of aromatic amines is 1. The fourth-order valence-corrected chi connectivity index (χ4v) is 7.09. The molecule has 0 bridgehead atoms. The van der Waals surface area contributed by atoms with Gasteiger partial charge in [0.1, 0.15) is 0 Å². The molecule has 4 rings (SSSR count). The molecule has 2 saturated carbocycles. The summed E-state index contributed by atoms with van der Waals surface area (Å²) in [6.45, 7) is 11.8. The second kappa shape index (κ2) is 6.73. The third kappa shape index (κ3) is 2.66. The van der Waals surface area contributed by atoms with Crippen LogP contribution < -0.4 is 0 Å². The smallest absolute Gasteiger partial charge is 0.0654 e. The summed E-state index contributed by atoms with van der Waals surface area (Å²) < 4.78 is 0. The van der Waals surface area contributed by atoms with Crippen molar-refractivity contribution in [3.8, 4) is 0 Å². The molecule has 150 valence electrons. The molecule has 27 heavy (non-hydrogen) atoms. The van der Waals surface area contributed by atoms with Crippen LogP contribution in [0.1, 0.15) is 63.4 Å². The predicted molar refractivity (Wildman–Crippen MR) is 107 cm³/mol. The molecule has 0 unspecified atom stereocenters. The van der Waals surface area contributed by atoms with E-state index in [9.17, 15) is 10.2 Å². The molecule has 1 aromatic rings. The van der Waals surface area contributed by atoms with Gasteiger partial charge in [-0.1, -0.05) is 32.9 Å². The summed E-state index contributed by atoms with van der Waals surface area (Å²) in [4.78, 5) is 0. The number of hydrogen-bond donors (Lipinski definition) is 3. The van der Waals surface area contributed by atoms with Gasteiger partial charge in [0, 0.05) is 18.9 Å². The van der Waals surface area contributed by atoms with Crippen LogP contribution in [0.5, 0.6) is 0 Å².